The molecule has 4 aliphatic carbocycles. The number of ether oxygens (including phenoxy) is 4. The summed E-state index contributed by atoms with van der Waals surface area (Å²) in [5, 5.41) is 11.6. The average Bonchev–Trinajstić information content (AvgIpc) is 3.35. The zero-order valence-electron chi connectivity index (χ0n) is 26.1. The van der Waals surface area contributed by atoms with Crippen LogP contribution in [0.15, 0.2) is 34.9 Å². The van der Waals surface area contributed by atoms with Crippen LogP contribution in [0.2, 0.25) is 0 Å². The fourth-order valence-electron chi connectivity index (χ4n) is 10.1. The van der Waals surface area contributed by atoms with Crippen molar-refractivity contribution >= 4 is 23.9 Å². The number of allylic oxidation sites excluding steroid dienone is 1. The van der Waals surface area contributed by atoms with Gasteiger partial charge in [0, 0.05) is 43.6 Å². The first kappa shape index (κ1) is 30.1. The largest absolute Gasteiger partial charge is 0.466 e. The van der Waals surface area contributed by atoms with E-state index in [0.717, 1.165) is 16.7 Å². The molecule has 0 unspecified atom stereocenters. The van der Waals surface area contributed by atoms with Crippen molar-refractivity contribution in [2.24, 2.45) is 40.9 Å². The van der Waals surface area contributed by atoms with E-state index in [9.17, 15) is 24.3 Å². The molecule has 0 bridgehead atoms. The van der Waals surface area contributed by atoms with Crippen molar-refractivity contribution in [2.45, 2.75) is 103 Å². The summed E-state index contributed by atoms with van der Waals surface area (Å²) < 4.78 is 23.3. The molecule has 6 aliphatic rings. The van der Waals surface area contributed by atoms with E-state index in [1.165, 1.54) is 13.8 Å². The molecular weight excluding hydrogens is 552 g/mol. The zero-order valence-corrected chi connectivity index (χ0v) is 26.1. The molecular formula is C34H44O9. The van der Waals surface area contributed by atoms with Crippen LogP contribution in [0.3, 0.4) is 0 Å². The highest BCUT2D eigenvalue weighted by molar-refractivity contribution is 5.91. The summed E-state index contributed by atoms with van der Waals surface area (Å²) in [4.78, 5) is 50.7. The number of carbonyl (C=O) groups is 4. The average molecular weight is 597 g/mol. The van der Waals surface area contributed by atoms with Crippen molar-refractivity contribution in [3.8, 4) is 0 Å². The predicted molar refractivity (Wildman–Crippen MR) is 154 cm³/mol. The van der Waals surface area contributed by atoms with E-state index >= 15 is 0 Å². The molecule has 1 N–H and O–H groups in total. The number of aliphatic hydroxyl groups is 1. The lowest BCUT2D eigenvalue weighted by molar-refractivity contribution is -0.230. The van der Waals surface area contributed by atoms with Gasteiger partial charge in [-0.1, -0.05) is 32.1 Å². The molecule has 9 nitrogen and oxygen atoms in total. The predicted octanol–water partition coefficient (Wildman–Crippen LogP) is 4.37. The molecule has 1 spiro atoms. The van der Waals surface area contributed by atoms with Crippen molar-refractivity contribution in [3.63, 3.8) is 0 Å². The standard InChI is InChI=1S/C34H44O9/c1-16(9-8-10-40-20(5)35)24-13-25-28(15-32(24,7)39)42-31(38)33(25)14-26-29-17(2)11-27-22(18(3)30(37)41-27)12-23(29)19(4)34(26,33)43-21(6)36/h13,16-17,22,25-29,39H,3,8-12,14-15H2,1-2,4-7H3/t16-,17-,22-,25+,26-,27-,28-,29-,32-,33+,34-/m1/s1. The molecule has 4 fully saturated rings. The molecule has 11 atom stereocenters. The van der Waals surface area contributed by atoms with E-state index in [2.05, 4.69) is 13.5 Å². The Labute approximate surface area is 253 Å². The second-order valence-electron chi connectivity index (χ2n) is 14.2. The third-order valence-corrected chi connectivity index (χ3v) is 11.8. The Morgan fingerprint density at radius 1 is 1.16 bits per heavy atom. The van der Waals surface area contributed by atoms with Crippen molar-refractivity contribution in [1.29, 1.82) is 0 Å². The van der Waals surface area contributed by atoms with Gasteiger partial charge in [0.25, 0.3) is 0 Å². The van der Waals surface area contributed by atoms with Gasteiger partial charge in [-0.2, -0.15) is 0 Å². The maximum atomic E-state index is 14.1. The molecule has 2 aliphatic heterocycles. The van der Waals surface area contributed by atoms with E-state index in [1.54, 1.807) is 6.92 Å². The van der Waals surface area contributed by atoms with Gasteiger partial charge in [0.2, 0.25) is 0 Å². The molecule has 2 saturated carbocycles. The van der Waals surface area contributed by atoms with E-state index < -0.39 is 28.7 Å². The zero-order chi connectivity index (χ0) is 31.2. The molecule has 0 aromatic rings. The Hall–Kier alpha value is -2.94. The van der Waals surface area contributed by atoms with E-state index in [-0.39, 0.29) is 65.9 Å². The minimum atomic E-state index is -1.18. The molecule has 0 amide bonds. The molecule has 6 rings (SSSR count). The summed E-state index contributed by atoms with van der Waals surface area (Å²) >= 11 is 0. The van der Waals surface area contributed by atoms with Crippen molar-refractivity contribution < 1.29 is 43.2 Å². The molecule has 9 heteroatoms. The lowest BCUT2D eigenvalue weighted by atomic mass is 9.42. The third kappa shape index (κ3) is 4.12. The van der Waals surface area contributed by atoms with Gasteiger partial charge in [-0.3, -0.25) is 14.4 Å². The van der Waals surface area contributed by atoms with Gasteiger partial charge in [-0.25, -0.2) is 4.79 Å². The molecule has 2 saturated heterocycles. The fraction of sp³-hybridized carbons (Fsp3) is 0.706. The third-order valence-electron chi connectivity index (χ3n) is 11.8. The molecule has 2 heterocycles. The summed E-state index contributed by atoms with van der Waals surface area (Å²) in [7, 11) is 0. The highest BCUT2D eigenvalue weighted by Gasteiger charge is 2.83. The first-order valence-corrected chi connectivity index (χ1v) is 15.7. The van der Waals surface area contributed by atoms with Gasteiger partial charge in [-0.15, -0.1) is 0 Å². The Bertz CT molecular complexity index is 1360. The van der Waals surface area contributed by atoms with Crippen LogP contribution in [0.5, 0.6) is 0 Å². The Morgan fingerprint density at radius 3 is 2.56 bits per heavy atom. The summed E-state index contributed by atoms with van der Waals surface area (Å²) in [6.45, 7) is 15.1. The first-order chi connectivity index (χ1) is 20.2. The molecule has 43 heavy (non-hydrogen) atoms. The summed E-state index contributed by atoms with van der Waals surface area (Å²) in [6.07, 6.45) is 4.66. The van der Waals surface area contributed by atoms with Gasteiger partial charge in [0.1, 0.15) is 17.6 Å². The van der Waals surface area contributed by atoms with Gasteiger partial charge in [0.05, 0.1) is 12.2 Å². The van der Waals surface area contributed by atoms with Crippen molar-refractivity contribution in [1.82, 2.24) is 0 Å². The second kappa shape index (κ2) is 10.0. The van der Waals surface area contributed by atoms with Crippen LogP contribution in [0, 0.1) is 40.9 Å². The summed E-state index contributed by atoms with van der Waals surface area (Å²) in [5.74, 6) is -1.93. The van der Waals surface area contributed by atoms with Crippen LogP contribution >= 0.6 is 0 Å². The first-order valence-electron chi connectivity index (χ1n) is 15.7. The van der Waals surface area contributed by atoms with Crippen LogP contribution in [-0.4, -0.2) is 59.0 Å². The van der Waals surface area contributed by atoms with Crippen LogP contribution in [0.4, 0.5) is 0 Å². The number of esters is 4. The van der Waals surface area contributed by atoms with Gasteiger partial charge in [0.15, 0.2) is 5.60 Å². The lowest BCUT2D eigenvalue weighted by Crippen LogP contribution is -2.71. The monoisotopic (exact) mass is 596 g/mol. The van der Waals surface area contributed by atoms with E-state index in [4.69, 9.17) is 18.9 Å². The fourth-order valence-corrected chi connectivity index (χ4v) is 10.1. The normalized spacial score (nSPS) is 43.4. The quantitative estimate of drug-likeness (QED) is 0.156. The van der Waals surface area contributed by atoms with Crippen LogP contribution in [0.25, 0.3) is 0 Å². The topological polar surface area (TPSA) is 125 Å². The number of rotatable bonds is 6. The van der Waals surface area contributed by atoms with Gasteiger partial charge < -0.3 is 24.1 Å². The second-order valence-corrected chi connectivity index (χ2v) is 14.2. The maximum Gasteiger partial charge on any atom is 0.334 e. The lowest BCUT2D eigenvalue weighted by Gasteiger charge is -2.61. The highest BCUT2D eigenvalue weighted by Crippen LogP contribution is 2.76. The maximum absolute atomic E-state index is 14.1. The van der Waals surface area contributed by atoms with E-state index in [1.807, 2.05) is 19.9 Å². The van der Waals surface area contributed by atoms with Gasteiger partial charge in [-0.05, 0) is 74.9 Å². The number of hydrogen-bond donors (Lipinski definition) is 1. The van der Waals surface area contributed by atoms with Gasteiger partial charge >= 0.3 is 23.9 Å². The Balaban J connectivity index is 1.41. The molecule has 0 radical (unpaired) electrons. The Morgan fingerprint density at radius 2 is 1.88 bits per heavy atom. The minimum absolute atomic E-state index is 0.0307. The SMILES string of the molecule is C=C1C(=O)O[C@@H]2C[C@@H](C)[C@@H]3C(=C(C)[C@@]4(OC(C)=O)[C@@H]3C[C@]43C(=O)O[C@@H]4C[C@@](C)(O)C([C@H](C)CCCOC(C)=O)=C[C@@H]43)C[C@H]12. The van der Waals surface area contributed by atoms with Crippen LogP contribution in [0.1, 0.15) is 80.1 Å². The Kier molecular flexibility index (Phi) is 7.03. The summed E-state index contributed by atoms with van der Waals surface area (Å²) in [6, 6.07) is 0. The molecule has 0 aromatic heterocycles. The van der Waals surface area contributed by atoms with Crippen LogP contribution < -0.4 is 0 Å². The van der Waals surface area contributed by atoms with Crippen molar-refractivity contribution in [2.75, 3.05) is 6.61 Å². The number of fused-ring (bicyclic) bond motifs is 7. The smallest absolute Gasteiger partial charge is 0.334 e. The van der Waals surface area contributed by atoms with Crippen molar-refractivity contribution in [3.05, 3.63) is 34.9 Å². The van der Waals surface area contributed by atoms with Crippen LogP contribution in [-0.2, 0) is 38.1 Å². The summed E-state index contributed by atoms with van der Waals surface area (Å²) in [5.41, 5.74) is -0.0904. The highest BCUT2D eigenvalue weighted by atomic mass is 16.6. The molecule has 234 valence electrons. The minimum Gasteiger partial charge on any atom is -0.466 e. The number of hydrogen-bond acceptors (Lipinski definition) is 9. The number of carbonyl (C=O) groups excluding carboxylic acids is 4. The van der Waals surface area contributed by atoms with E-state index in [0.29, 0.717) is 44.3 Å². The molecule has 0 aromatic carbocycles.